The summed E-state index contributed by atoms with van der Waals surface area (Å²) in [7, 11) is 0. The quantitative estimate of drug-likeness (QED) is 0.840. The number of rotatable bonds is 2. The summed E-state index contributed by atoms with van der Waals surface area (Å²) in [6.45, 7) is 1.98. The Morgan fingerprint density at radius 3 is 2.64 bits per heavy atom. The van der Waals surface area contributed by atoms with Gasteiger partial charge in [-0.2, -0.15) is 5.26 Å². The summed E-state index contributed by atoms with van der Waals surface area (Å²) in [5.74, 6) is 0.182. The van der Waals surface area contributed by atoms with Gasteiger partial charge in [0.1, 0.15) is 0 Å². The van der Waals surface area contributed by atoms with Gasteiger partial charge in [0.25, 0.3) is 5.91 Å². The predicted octanol–water partition coefficient (Wildman–Crippen LogP) is 2.19. The van der Waals surface area contributed by atoms with Gasteiger partial charge < -0.3 is 9.80 Å². The van der Waals surface area contributed by atoms with Crippen molar-refractivity contribution < 1.29 is 9.59 Å². The molecule has 2 aliphatic heterocycles. The summed E-state index contributed by atoms with van der Waals surface area (Å²) in [6, 6.07) is 9.58. The molecular formula is C17H19N3O2. The van der Waals surface area contributed by atoms with E-state index in [9.17, 15) is 9.59 Å². The van der Waals surface area contributed by atoms with Gasteiger partial charge in [-0.1, -0.05) is 6.07 Å². The van der Waals surface area contributed by atoms with Gasteiger partial charge in [0.15, 0.2) is 0 Å². The van der Waals surface area contributed by atoms with Crippen LogP contribution in [0.25, 0.3) is 0 Å². The molecule has 0 spiro atoms. The minimum atomic E-state index is -0.00937. The third-order valence-corrected chi connectivity index (χ3v) is 4.44. The molecule has 0 atom stereocenters. The lowest BCUT2D eigenvalue weighted by Crippen LogP contribution is -2.38. The van der Waals surface area contributed by atoms with E-state index in [2.05, 4.69) is 6.07 Å². The smallest absolute Gasteiger partial charge is 0.253 e. The number of hydrogen-bond acceptors (Lipinski definition) is 3. The van der Waals surface area contributed by atoms with Crippen molar-refractivity contribution >= 4 is 17.5 Å². The van der Waals surface area contributed by atoms with Gasteiger partial charge in [-0.25, -0.2) is 0 Å². The van der Waals surface area contributed by atoms with Crippen molar-refractivity contribution in [3.63, 3.8) is 0 Å². The van der Waals surface area contributed by atoms with Gasteiger partial charge >= 0.3 is 0 Å². The minimum Gasteiger partial charge on any atom is -0.339 e. The zero-order valence-corrected chi connectivity index (χ0v) is 12.5. The Morgan fingerprint density at radius 2 is 2.00 bits per heavy atom. The van der Waals surface area contributed by atoms with E-state index in [1.807, 2.05) is 18.2 Å². The highest BCUT2D eigenvalue weighted by atomic mass is 16.2. The van der Waals surface area contributed by atoms with Crippen LogP contribution in [0, 0.1) is 17.2 Å². The average Bonchev–Trinajstić information content (AvgIpc) is 3.00. The number of amides is 2. The van der Waals surface area contributed by atoms with Crippen LogP contribution in [0.4, 0.5) is 5.69 Å². The molecule has 0 aliphatic carbocycles. The van der Waals surface area contributed by atoms with Crippen molar-refractivity contribution in [2.24, 2.45) is 5.92 Å². The zero-order chi connectivity index (χ0) is 15.5. The maximum absolute atomic E-state index is 12.6. The van der Waals surface area contributed by atoms with Crippen molar-refractivity contribution in [3.05, 3.63) is 29.8 Å². The molecule has 1 aromatic rings. The number of carbonyl (C=O) groups excluding carboxylic acids is 2. The van der Waals surface area contributed by atoms with Crippen molar-refractivity contribution in [1.82, 2.24) is 4.90 Å². The van der Waals surface area contributed by atoms with Crippen LogP contribution in [0.5, 0.6) is 0 Å². The Morgan fingerprint density at radius 1 is 1.23 bits per heavy atom. The first-order chi connectivity index (χ1) is 10.7. The second-order valence-electron chi connectivity index (χ2n) is 5.89. The third kappa shape index (κ3) is 2.82. The van der Waals surface area contributed by atoms with Crippen molar-refractivity contribution in [3.8, 4) is 6.07 Å². The van der Waals surface area contributed by atoms with Crippen LogP contribution in [-0.2, 0) is 4.79 Å². The number of benzene rings is 1. The van der Waals surface area contributed by atoms with E-state index in [4.69, 9.17) is 5.26 Å². The third-order valence-electron chi connectivity index (χ3n) is 4.44. The van der Waals surface area contributed by atoms with Crippen molar-refractivity contribution in [2.75, 3.05) is 24.5 Å². The SMILES string of the molecule is N#CC1CCN(C(=O)c2cccc(N3CCCC3=O)c2)CC1. The predicted molar refractivity (Wildman–Crippen MR) is 82.3 cm³/mol. The van der Waals surface area contributed by atoms with E-state index < -0.39 is 0 Å². The summed E-state index contributed by atoms with van der Waals surface area (Å²) < 4.78 is 0. The second kappa shape index (κ2) is 6.18. The van der Waals surface area contributed by atoms with Crippen molar-refractivity contribution in [1.29, 1.82) is 5.26 Å². The van der Waals surface area contributed by atoms with E-state index in [1.165, 1.54) is 0 Å². The fourth-order valence-corrected chi connectivity index (χ4v) is 3.12. The molecule has 0 N–H and O–H groups in total. The van der Waals surface area contributed by atoms with Crippen molar-refractivity contribution in [2.45, 2.75) is 25.7 Å². The van der Waals surface area contributed by atoms with Gasteiger partial charge in [-0.05, 0) is 37.5 Å². The molecular weight excluding hydrogens is 278 g/mol. The highest BCUT2D eigenvalue weighted by Gasteiger charge is 2.25. The van der Waals surface area contributed by atoms with E-state index in [1.54, 1.807) is 15.9 Å². The molecule has 114 valence electrons. The van der Waals surface area contributed by atoms with E-state index in [0.29, 0.717) is 25.1 Å². The van der Waals surface area contributed by atoms with Crippen LogP contribution in [0.1, 0.15) is 36.0 Å². The monoisotopic (exact) mass is 297 g/mol. The average molecular weight is 297 g/mol. The summed E-state index contributed by atoms with van der Waals surface area (Å²) >= 11 is 0. The van der Waals surface area contributed by atoms with E-state index >= 15 is 0 Å². The molecule has 3 rings (SSSR count). The van der Waals surface area contributed by atoms with Crippen LogP contribution in [-0.4, -0.2) is 36.3 Å². The molecule has 22 heavy (non-hydrogen) atoms. The summed E-state index contributed by atoms with van der Waals surface area (Å²) in [5.41, 5.74) is 1.42. The molecule has 2 aliphatic rings. The van der Waals surface area contributed by atoms with Crippen LogP contribution < -0.4 is 4.90 Å². The largest absolute Gasteiger partial charge is 0.339 e. The standard InChI is InChI=1S/C17H19N3O2/c18-12-13-6-9-19(10-7-13)17(22)14-3-1-4-15(11-14)20-8-2-5-16(20)21/h1,3-4,11,13H,2,5-10H2. The first-order valence-corrected chi connectivity index (χ1v) is 7.78. The molecule has 5 nitrogen and oxygen atoms in total. The van der Waals surface area contributed by atoms with E-state index in [-0.39, 0.29) is 17.7 Å². The van der Waals surface area contributed by atoms with E-state index in [0.717, 1.165) is 31.5 Å². The Balaban J connectivity index is 1.73. The Labute approximate surface area is 130 Å². The zero-order valence-electron chi connectivity index (χ0n) is 12.5. The van der Waals surface area contributed by atoms with Gasteiger partial charge in [0.2, 0.25) is 5.91 Å². The number of anilines is 1. The van der Waals surface area contributed by atoms with Crippen LogP contribution in [0.15, 0.2) is 24.3 Å². The molecule has 1 aromatic carbocycles. The highest BCUT2D eigenvalue weighted by Crippen LogP contribution is 2.24. The maximum atomic E-state index is 12.6. The highest BCUT2D eigenvalue weighted by molar-refractivity contribution is 5.99. The lowest BCUT2D eigenvalue weighted by Gasteiger charge is -2.29. The fourth-order valence-electron chi connectivity index (χ4n) is 3.12. The summed E-state index contributed by atoms with van der Waals surface area (Å²) in [6.07, 6.45) is 2.94. The Bertz CT molecular complexity index is 627. The first kappa shape index (κ1) is 14.6. The summed E-state index contributed by atoms with van der Waals surface area (Å²) in [4.78, 5) is 28.0. The molecule has 5 heteroatoms. The molecule has 2 amide bonds. The minimum absolute atomic E-state index is 0.00937. The van der Waals surface area contributed by atoms with Gasteiger partial charge in [-0.3, -0.25) is 9.59 Å². The van der Waals surface area contributed by atoms with Crippen LogP contribution in [0.3, 0.4) is 0 Å². The molecule has 0 bridgehead atoms. The van der Waals surface area contributed by atoms with Gasteiger partial charge in [0, 0.05) is 43.2 Å². The van der Waals surface area contributed by atoms with Gasteiger partial charge in [0.05, 0.1) is 6.07 Å². The molecule has 2 fully saturated rings. The maximum Gasteiger partial charge on any atom is 0.253 e. The first-order valence-electron chi connectivity index (χ1n) is 7.78. The molecule has 0 aromatic heterocycles. The molecule has 2 heterocycles. The lowest BCUT2D eigenvalue weighted by atomic mass is 9.98. The normalized spacial score (nSPS) is 19.3. The Hall–Kier alpha value is -2.35. The van der Waals surface area contributed by atoms with Crippen LogP contribution in [0.2, 0.25) is 0 Å². The van der Waals surface area contributed by atoms with Crippen LogP contribution >= 0.6 is 0 Å². The number of nitriles is 1. The number of carbonyl (C=O) groups is 2. The second-order valence-corrected chi connectivity index (χ2v) is 5.89. The number of hydrogen-bond donors (Lipinski definition) is 0. The molecule has 2 saturated heterocycles. The number of nitrogens with zero attached hydrogens (tertiary/aromatic N) is 3. The number of piperidine rings is 1. The topological polar surface area (TPSA) is 64.4 Å². The Kier molecular flexibility index (Phi) is 4.10. The molecule has 0 unspecified atom stereocenters. The fraction of sp³-hybridized carbons (Fsp3) is 0.471. The lowest BCUT2D eigenvalue weighted by molar-refractivity contribution is -0.117. The molecule has 0 saturated carbocycles. The summed E-state index contributed by atoms with van der Waals surface area (Å²) in [5, 5.41) is 8.92. The van der Waals surface area contributed by atoms with Gasteiger partial charge in [-0.15, -0.1) is 0 Å². The number of likely N-dealkylation sites (tertiary alicyclic amines) is 1. The molecule has 0 radical (unpaired) electrons.